The van der Waals surface area contributed by atoms with Crippen molar-refractivity contribution in [3.05, 3.63) is 29.3 Å². The molecule has 0 radical (unpaired) electrons. The highest BCUT2D eigenvalue weighted by Crippen LogP contribution is 2.34. The molecule has 2 aliphatic rings. The van der Waals surface area contributed by atoms with E-state index in [2.05, 4.69) is 16.7 Å². The highest BCUT2D eigenvalue weighted by molar-refractivity contribution is 7.92. The van der Waals surface area contributed by atoms with Gasteiger partial charge in [-0.05, 0) is 37.5 Å². The van der Waals surface area contributed by atoms with E-state index in [0.717, 1.165) is 0 Å². The highest BCUT2D eigenvalue weighted by atomic mass is 35.5. The number of nitrogens with zero attached hydrogens (tertiary/aromatic N) is 1. The van der Waals surface area contributed by atoms with Gasteiger partial charge in [-0.2, -0.15) is 5.26 Å². The quantitative estimate of drug-likeness (QED) is 0.841. The van der Waals surface area contributed by atoms with Crippen molar-refractivity contribution >= 4 is 27.3 Å². The molecule has 0 bridgehead atoms. The zero-order valence-electron chi connectivity index (χ0n) is 12.3. The summed E-state index contributed by atoms with van der Waals surface area (Å²) in [7, 11) is -3.55. The van der Waals surface area contributed by atoms with E-state index >= 15 is 0 Å². The normalized spacial score (nSPS) is 25.6. The summed E-state index contributed by atoms with van der Waals surface area (Å²) in [4.78, 5) is 12.3. The van der Waals surface area contributed by atoms with E-state index in [1.165, 1.54) is 12.1 Å². The summed E-state index contributed by atoms with van der Waals surface area (Å²) in [6.45, 7) is 0.201. The zero-order chi connectivity index (χ0) is 16.7. The largest absolute Gasteiger partial charge is 0.336 e. The standard InChI is InChI=1S/C15H16ClN3O3S/c16-10-2-1-3-11(6-10)23(21,22)12-7-13(18-8-12)14(20)19-15(9-17)4-5-15/h1-3,6,12-13,18H,4-5,7-8H2,(H,19,20)/t12-,13+/m1/s1. The summed E-state index contributed by atoms with van der Waals surface area (Å²) in [5.41, 5.74) is -0.747. The van der Waals surface area contributed by atoms with Crippen molar-refractivity contribution in [1.82, 2.24) is 10.6 Å². The lowest BCUT2D eigenvalue weighted by Crippen LogP contribution is -2.45. The fourth-order valence-electron chi connectivity index (χ4n) is 2.69. The number of hydrogen-bond acceptors (Lipinski definition) is 5. The van der Waals surface area contributed by atoms with Crippen molar-refractivity contribution in [2.75, 3.05) is 6.54 Å². The van der Waals surface area contributed by atoms with E-state index in [-0.39, 0.29) is 23.8 Å². The number of carbonyl (C=O) groups is 1. The van der Waals surface area contributed by atoms with Crippen molar-refractivity contribution in [2.45, 2.75) is 41.0 Å². The summed E-state index contributed by atoms with van der Waals surface area (Å²) in [5.74, 6) is -0.312. The van der Waals surface area contributed by atoms with E-state index in [0.29, 0.717) is 17.9 Å². The topological polar surface area (TPSA) is 99.1 Å². The second kappa shape index (κ2) is 5.78. The van der Waals surface area contributed by atoms with Crippen LogP contribution in [0.5, 0.6) is 0 Å². The molecule has 23 heavy (non-hydrogen) atoms. The van der Waals surface area contributed by atoms with Crippen LogP contribution in [0.2, 0.25) is 5.02 Å². The Morgan fingerprint density at radius 2 is 2.17 bits per heavy atom. The van der Waals surface area contributed by atoms with Gasteiger partial charge in [0.05, 0.1) is 22.3 Å². The van der Waals surface area contributed by atoms with Crippen LogP contribution in [0, 0.1) is 11.3 Å². The maximum absolute atomic E-state index is 12.6. The van der Waals surface area contributed by atoms with Crippen LogP contribution in [0.3, 0.4) is 0 Å². The smallest absolute Gasteiger partial charge is 0.238 e. The van der Waals surface area contributed by atoms with Crippen LogP contribution in [-0.4, -0.2) is 37.7 Å². The third kappa shape index (κ3) is 3.20. The van der Waals surface area contributed by atoms with Gasteiger partial charge in [-0.3, -0.25) is 4.79 Å². The molecule has 0 spiro atoms. The van der Waals surface area contributed by atoms with Gasteiger partial charge in [0, 0.05) is 11.6 Å². The number of sulfone groups is 1. The molecule has 6 nitrogen and oxygen atoms in total. The van der Waals surface area contributed by atoms with Gasteiger partial charge in [-0.1, -0.05) is 17.7 Å². The maximum Gasteiger partial charge on any atom is 0.238 e. The molecule has 1 saturated heterocycles. The number of carbonyl (C=O) groups excluding carboxylic acids is 1. The fraction of sp³-hybridized carbons (Fsp3) is 0.467. The Morgan fingerprint density at radius 1 is 1.43 bits per heavy atom. The Labute approximate surface area is 139 Å². The van der Waals surface area contributed by atoms with Gasteiger partial charge in [0.15, 0.2) is 9.84 Å². The third-order valence-electron chi connectivity index (χ3n) is 4.30. The lowest BCUT2D eigenvalue weighted by Gasteiger charge is -2.14. The summed E-state index contributed by atoms with van der Waals surface area (Å²) >= 11 is 5.86. The Hall–Kier alpha value is -1.62. The summed E-state index contributed by atoms with van der Waals surface area (Å²) < 4.78 is 25.3. The number of nitriles is 1. The minimum atomic E-state index is -3.55. The Kier molecular flexibility index (Phi) is 4.08. The molecule has 1 heterocycles. The minimum absolute atomic E-state index is 0.161. The van der Waals surface area contributed by atoms with Gasteiger partial charge < -0.3 is 10.6 Å². The zero-order valence-corrected chi connectivity index (χ0v) is 13.8. The van der Waals surface area contributed by atoms with Crippen molar-refractivity contribution < 1.29 is 13.2 Å². The summed E-state index contributed by atoms with van der Waals surface area (Å²) in [6, 6.07) is 7.61. The first-order chi connectivity index (χ1) is 10.9. The molecule has 1 aliphatic heterocycles. The number of nitrogens with one attached hydrogen (secondary N) is 2. The molecule has 3 rings (SSSR count). The second-order valence-corrected chi connectivity index (χ2v) is 8.67. The minimum Gasteiger partial charge on any atom is -0.336 e. The Balaban J connectivity index is 1.70. The van der Waals surface area contributed by atoms with E-state index in [9.17, 15) is 13.2 Å². The van der Waals surface area contributed by atoms with Crippen molar-refractivity contribution in [3.8, 4) is 6.07 Å². The number of hydrogen-bond donors (Lipinski definition) is 2. The fourth-order valence-corrected chi connectivity index (χ4v) is 4.65. The molecular weight excluding hydrogens is 338 g/mol. The van der Waals surface area contributed by atoms with Gasteiger partial charge in [-0.25, -0.2) is 8.42 Å². The first-order valence-electron chi connectivity index (χ1n) is 7.32. The highest BCUT2D eigenvalue weighted by Gasteiger charge is 2.47. The number of halogens is 1. The Morgan fingerprint density at radius 3 is 2.78 bits per heavy atom. The maximum atomic E-state index is 12.6. The number of benzene rings is 1. The predicted octanol–water partition coefficient (Wildman–Crippen LogP) is 1.02. The number of rotatable bonds is 4. The second-order valence-electron chi connectivity index (χ2n) is 6.00. The van der Waals surface area contributed by atoms with Gasteiger partial charge in [-0.15, -0.1) is 0 Å². The van der Waals surface area contributed by atoms with E-state index in [4.69, 9.17) is 16.9 Å². The van der Waals surface area contributed by atoms with Crippen LogP contribution < -0.4 is 10.6 Å². The van der Waals surface area contributed by atoms with E-state index in [1.54, 1.807) is 12.1 Å². The van der Waals surface area contributed by atoms with Crippen LogP contribution in [0.4, 0.5) is 0 Å². The lowest BCUT2D eigenvalue weighted by atomic mass is 10.2. The molecule has 1 saturated carbocycles. The summed E-state index contributed by atoms with van der Waals surface area (Å²) in [6.07, 6.45) is 1.47. The average Bonchev–Trinajstić information content (AvgIpc) is 3.10. The number of amides is 1. The van der Waals surface area contributed by atoms with Crippen molar-refractivity contribution in [3.63, 3.8) is 0 Å². The van der Waals surface area contributed by atoms with Crippen molar-refractivity contribution in [2.24, 2.45) is 0 Å². The Bertz CT molecular complexity index is 783. The van der Waals surface area contributed by atoms with E-state index in [1.807, 2.05) is 0 Å². The van der Waals surface area contributed by atoms with Gasteiger partial charge in [0.25, 0.3) is 0 Å². The monoisotopic (exact) mass is 353 g/mol. The van der Waals surface area contributed by atoms with Crippen LogP contribution in [0.1, 0.15) is 19.3 Å². The first-order valence-corrected chi connectivity index (χ1v) is 9.25. The average molecular weight is 354 g/mol. The molecule has 1 amide bonds. The molecule has 2 atom stereocenters. The molecule has 8 heteroatoms. The molecule has 1 aromatic carbocycles. The van der Waals surface area contributed by atoms with Gasteiger partial charge in [0.2, 0.25) is 5.91 Å². The molecule has 122 valence electrons. The first kappa shape index (κ1) is 16.2. The SMILES string of the molecule is N#CC1(NC(=O)[C@@H]2C[C@@H](S(=O)(=O)c3cccc(Cl)c3)CN2)CC1. The molecule has 0 unspecified atom stereocenters. The molecule has 2 fully saturated rings. The molecule has 1 aromatic rings. The van der Waals surface area contributed by atoms with E-state index < -0.39 is 26.7 Å². The third-order valence-corrected chi connectivity index (χ3v) is 6.68. The van der Waals surface area contributed by atoms with Crippen LogP contribution in [0.25, 0.3) is 0 Å². The van der Waals surface area contributed by atoms with Crippen LogP contribution in [-0.2, 0) is 14.6 Å². The van der Waals surface area contributed by atoms with Gasteiger partial charge >= 0.3 is 0 Å². The molecular formula is C15H16ClN3O3S. The predicted molar refractivity (Wildman–Crippen MR) is 84.6 cm³/mol. The lowest BCUT2D eigenvalue weighted by molar-refractivity contribution is -0.123. The molecule has 1 aliphatic carbocycles. The summed E-state index contributed by atoms with van der Waals surface area (Å²) in [5, 5.41) is 14.3. The van der Waals surface area contributed by atoms with Crippen molar-refractivity contribution in [1.29, 1.82) is 5.26 Å². The van der Waals surface area contributed by atoms with Crippen LogP contribution in [0.15, 0.2) is 29.2 Å². The van der Waals surface area contributed by atoms with Crippen LogP contribution >= 0.6 is 11.6 Å². The molecule has 0 aromatic heterocycles. The molecule has 2 N–H and O–H groups in total. The van der Waals surface area contributed by atoms with Gasteiger partial charge in [0.1, 0.15) is 5.54 Å².